The van der Waals surface area contributed by atoms with Crippen molar-refractivity contribution in [3.8, 4) is 0 Å². The Morgan fingerprint density at radius 3 is 2.67 bits per heavy atom. The number of amides is 1. The maximum Gasteiger partial charge on any atom is 0.274 e. The first-order valence-electron chi connectivity index (χ1n) is 7.93. The number of hydrogen-bond acceptors (Lipinski definition) is 3. The molecule has 2 aromatic rings. The van der Waals surface area contributed by atoms with Gasteiger partial charge in [0.25, 0.3) is 5.91 Å². The van der Waals surface area contributed by atoms with Crippen LogP contribution in [-0.2, 0) is 6.42 Å². The lowest BCUT2D eigenvalue weighted by Gasteiger charge is -2.09. The molecule has 0 aliphatic carbocycles. The van der Waals surface area contributed by atoms with Crippen molar-refractivity contribution in [2.24, 2.45) is 5.92 Å². The van der Waals surface area contributed by atoms with Crippen LogP contribution in [0.3, 0.4) is 0 Å². The van der Waals surface area contributed by atoms with Gasteiger partial charge < -0.3 is 10.6 Å². The molecule has 24 heavy (non-hydrogen) atoms. The van der Waals surface area contributed by atoms with E-state index >= 15 is 0 Å². The minimum Gasteiger partial charge on any atom is -0.321 e. The first kappa shape index (κ1) is 18.7. The highest BCUT2D eigenvalue weighted by Crippen LogP contribution is 2.18. The van der Waals surface area contributed by atoms with Crippen molar-refractivity contribution >= 4 is 35.6 Å². The van der Waals surface area contributed by atoms with Crippen molar-refractivity contribution in [1.29, 1.82) is 0 Å². The number of carbonyl (C=O) groups is 1. The summed E-state index contributed by atoms with van der Waals surface area (Å²) in [5.41, 5.74) is 2.43. The van der Waals surface area contributed by atoms with E-state index in [1.807, 2.05) is 12.1 Å². The molecule has 128 valence electrons. The van der Waals surface area contributed by atoms with Crippen LogP contribution >= 0.6 is 24.0 Å². The van der Waals surface area contributed by atoms with Gasteiger partial charge in [0.15, 0.2) is 0 Å². The number of halogens is 2. The van der Waals surface area contributed by atoms with Crippen molar-refractivity contribution in [2.75, 3.05) is 18.4 Å². The molecular weight excluding hydrogens is 345 g/mol. The van der Waals surface area contributed by atoms with Crippen molar-refractivity contribution in [1.82, 2.24) is 10.3 Å². The summed E-state index contributed by atoms with van der Waals surface area (Å²) in [7, 11) is 0. The number of nitrogens with zero attached hydrogens (tertiary/aromatic N) is 1. The molecule has 6 heteroatoms. The van der Waals surface area contributed by atoms with E-state index in [-0.39, 0.29) is 18.3 Å². The highest BCUT2D eigenvalue weighted by atomic mass is 35.5. The van der Waals surface area contributed by atoms with Gasteiger partial charge in [-0.15, -0.1) is 12.4 Å². The molecule has 1 fully saturated rings. The van der Waals surface area contributed by atoms with E-state index in [0.29, 0.717) is 10.7 Å². The molecule has 1 atom stereocenters. The van der Waals surface area contributed by atoms with Crippen molar-refractivity contribution < 1.29 is 4.79 Å². The smallest absolute Gasteiger partial charge is 0.274 e. The fourth-order valence-corrected chi connectivity index (χ4v) is 2.90. The van der Waals surface area contributed by atoms with Crippen LogP contribution in [0, 0.1) is 5.92 Å². The van der Waals surface area contributed by atoms with Gasteiger partial charge in [0.05, 0.1) is 5.02 Å². The quantitative estimate of drug-likeness (QED) is 0.843. The van der Waals surface area contributed by atoms with E-state index in [1.54, 1.807) is 12.1 Å². The number of benzene rings is 1. The molecule has 4 nitrogen and oxygen atoms in total. The molecule has 1 amide bonds. The van der Waals surface area contributed by atoms with Gasteiger partial charge in [0.1, 0.15) is 5.69 Å². The summed E-state index contributed by atoms with van der Waals surface area (Å²) in [6, 6.07) is 11.3. The summed E-state index contributed by atoms with van der Waals surface area (Å²) in [6.45, 7) is 2.29. The maximum atomic E-state index is 12.1. The molecular formula is C18H21Cl2N3O. The Hall–Kier alpha value is -1.62. The Bertz CT molecular complexity index is 653. The first-order chi connectivity index (χ1) is 11.2. The van der Waals surface area contributed by atoms with E-state index in [0.717, 1.165) is 31.1 Å². The van der Waals surface area contributed by atoms with Crippen LogP contribution in [-0.4, -0.2) is 24.0 Å². The Morgan fingerprint density at radius 2 is 2.04 bits per heavy atom. The SMILES string of the molecule is Cl.O=C(Nc1ccc(CC[C@@H]2CCNC2)cc1)c1ccc(Cl)cn1. The minimum atomic E-state index is -0.230. The zero-order valence-electron chi connectivity index (χ0n) is 13.3. The van der Waals surface area contributed by atoms with Crippen LogP contribution in [0.5, 0.6) is 0 Å². The predicted molar refractivity (Wildman–Crippen MR) is 100 cm³/mol. The molecule has 0 unspecified atom stereocenters. The van der Waals surface area contributed by atoms with Crippen molar-refractivity contribution in [3.63, 3.8) is 0 Å². The van der Waals surface area contributed by atoms with Gasteiger partial charge in [-0.25, -0.2) is 4.98 Å². The van der Waals surface area contributed by atoms with Crippen LogP contribution in [0.1, 0.15) is 28.9 Å². The average molecular weight is 366 g/mol. The van der Waals surface area contributed by atoms with Crippen LogP contribution in [0.4, 0.5) is 5.69 Å². The molecule has 3 rings (SSSR count). The Kier molecular flexibility index (Phi) is 7.03. The second kappa shape index (κ2) is 9.02. The van der Waals surface area contributed by atoms with Crippen molar-refractivity contribution in [3.05, 3.63) is 58.9 Å². The number of aromatic nitrogens is 1. The Balaban J connectivity index is 0.00000208. The third-order valence-corrected chi connectivity index (χ3v) is 4.40. The van der Waals surface area contributed by atoms with E-state index < -0.39 is 0 Å². The summed E-state index contributed by atoms with van der Waals surface area (Å²) in [5, 5.41) is 6.76. The Morgan fingerprint density at radius 1 is 1.25 bits per heavy atom. The molecule has 2 N–H and O–H groups in total. The van der Waals surface area contributed by atoms with Gasteiger partial charge in [-0.1, -0.05) is 23.7 Å². The Labute approximate surface area is 153 Å². The lowest BCUT2D eigenvalue weighted by molar-refractivity contribution is 0.102. The summed E-state index contributed by atoms with van der Waals surface area (Å²) in [5.74, 6) is 0.566. The van der Waals surface area contributed by atoms with Crippen LogP contribution in [0.2, 0.25) is 5.02 Å². The minimum absolute atomic E-state index is 0. The normalized spacial score (nSPS) is 16.5. The predicted octanol–water partition coefficient (Wildman–Crippen LogP) is 3.95. The number of hydrogen-bond donors (Lipinski definition) is 2. The molecule has 1 aliphatic rings. The summed E-state index contributed by atoms with van der Waals surface area (Å²) >= 11 is 5.77. The van der Waals surface area contributed by atoms with E-state index in [2.05, 4.69) is 27.8 Å². The molecule has 1 aliphatic heterocycles. The van der Waals surface area contributed by atoms with Gasteiger partial charge in [0, 0.05) is 11.9 Å². The van der Waals surface area contributed by atoms with Crippen LogP contribution in [0.15, 0.2) is 42.6 Å². The molecule has 0 saturated carbocycles. The third-order valence-electron chi connectivity index (χ3n) is 4.18. The van der Waals surface area contributed by atoms with E-state index in [9.17, 15) is 4.79 Å². The molecule has 1 aromatic carbocycles. The summed E-state index contributed by atoms with van der Waals surface area (Å²) in [4.78, 5) is 16.1. The highest BCUT2D eigenvalue weighted by molar-refractivity contribution is 6.30. The number of carbonyl (C=O) groups excluding carboxylic acids is 1. The van der Waals surface area contributed by atoms with Gasteiger partial charge in [-0.2, -0.15) is 0 Å². The number of rotatable bonds is 5. The zero-order chi connectivity index (χ0) is 16.1. The van der Waals surface area contributed by atoms with Crippen LogP contribution < -0.4 is 10.6 Å². The molecule has 1 aromatic heterocycles. The fourth-order valence-electron chi connectivity index (χ4n) is 2.79. The summed E-state index contributed by atoms with van der Waals surface area (Å²) in [6.07, 6.45) is 5.05. The lowest BCUT2D eigenvalue weighted by Crippen LogP contribution is -2.13. The molecule has 2 heterocycles. The number of anilines is 1. The standard InChI is InChI=1S/C18H20ClN3O.ClH/c19-15-5-8-17(21-12-15)18(23)22-16-6-3-13(4-7-16)1-2-14-9-10-20-11-14;/h3-8,12,14,20H,1-2,9-11H2,(H,22,23);1H/t14-;/m1./s1. The second-order valence-corrected chi connectivity index (χ2v) is 6.35. The molecule has 0 bridgehead atoms. The molecule has 0 radical (unpaired) electrons. The molecule has 0 spiro atoms. The largest absolute Gasteiger partial charge is 0.321 e. The van der Waals surface area contributed by atoms with Crippen LogP contribution in [0.25, 0.3) is 0 Å². The number of pyridine rings is 1. The van der Waals surface area contributed by atoms with Crippen molar-refractivity contribution in [2.45, 2.75) is 19.3 Å². The zero-order valence-corrected chi connectivity index (χ0v) is 14.9. The lowest BCUT2D eigenvalue weighted by atomic mass is 9.99. The fraction of sp³-hybridized carbons (Fsp3) is 0.333. The summed E-state index contributed by atoms with van der Waals surface area (Å²) < 4.78 is 0. The highest BCUT2D eigenvalue weighted by Gasteiger charge is 2.14. The van der Waals surface area contributed by atoms with E-state index in [4.69, 9.17) is 11.6 Å². The molecule has 1 saturated heterocycles. The maximum absolute atomic E-state index is 12.1. The van der Waals surface area contributed by atoms with Gasteiger partial charge in [-0.3, -0.25) is 4.79 Å². The second-order valence-electron chi connectivity index (χ2n) is 5.91. The van der Waals surface area contributed by atoms with E-state index in [1.165, 1.54) is 24.6 Å². The van der Waals surface area contributed by atoms with Gasteiger partial charge in [0.2, 0.25) is 0 Å². The van der Waals surface area contributed by atoms with Gasteiger partial charge in [-0.05, 0) is 68.1 Å². The topological polar surface area (TPSA) is 54.0 Å². The monoisotopic (exact) mass is 365 g/mol. The number of aryl methyl sites for hydroxylation is 1. The van der Waals surface area contributed by atoms with Gasteiger partial charge >= 0.3 is 0 Å². The average Bonchev–Trinajstić information content (AvgIpc) is 3.08. The first-order valence-corrected chi connectivity index (χ1v) is 8.31. The third kappa shape index (κ3) is 5.20. The number of nitrogens with one attached hydrogen (secondary N) is 2.